The van der Waals surface area contributed by atoms with Gasteiger partial charge >= 0.3 is 0 Å². The standard InChI is InChI=1S/C16H22N4O/c21-16(19-12-4-5-12)11-6-8-20(9-7-11)15-13-2-1-3-14(13)17-10-18-15/h10-12H,1-9H2,(H,19,21). The van der Waals surface area contributed by atoms with Crippen LogP contribution in [-0.4, -0.2) is 35.0 Å². The van der Waals surface area contributed by atoms with Gasteiger partial charge in [0, 0.05) is 36.3 Å². The highest BCUT2D eigenvalue weighted by Gasteiger charge is 2.31. The summed E-state index contributed by atoms with van der Waals surface area (Å²) in [6.45, 7) is 1.87. The van der Waals surface area contributed by atoms with Crippen LogP contribution in [0.1, 0.15) is 43.4 Å². The molecule has 112 valence electrons. The van der Waals surface area contributed by atoms with Crippen molar-refractivity contribution in [2.45, 2.75) is 51.0 Å². The Labute approximate surface area is 125 Å². The minimum absolute atomic E-state index is 0.191. The van der Waals surface area contributed by atoms with Crippen LogP contribution in [0, 0.1) is 5.92 Å². The van der Waals surface area contributed by atoms with Crippen molar-refractivity contribution >= 4 is 11.7 Å². The molecule has 1 saturated carbocycles. The number of nitrogens with zero attached hydrogens (tertiary/aromatic N) is 3. The molecular formula is C16H22N4O. The number of carbonyl (C=O) groups excluding carboxylic acids is 1. The molecule has 5 heteroatoms. The third kappa shape index (κ3) is 2.61. The third-order valence-electron chi connectivity index (χ3n) is 4.94. The number of aromatic nitrogens is 2. The Morgan fingerprint density at radius 3 is 2.71 bits per heavy atom. The molecule has 1 N–H and O–H groups in total. The van der Waals surface area contributed by atoms with Crippen LogP contribution < -0.4 is 10.2 Å². The van der Waals surface area contributed by atoms with Crippen LogP contribution in [0.25, 0.3) is 0 Å². The van der Waals surface area contributed by atoms with Crippen LogP contribution in [-0.2, 0) is 17.6 Å². The third-order valence-corrected chi connectivity index (χ3v) is 4.94. The van der Waals surface area contributed by atoms with Gasteiger partial charge in [-0.05, 0) is 44.9 Å². The lowest BCUT2D eigenvalue weighted by molar-refractivity contribution is -0.125. The quantitative estimate of drug-likeness (QED) is 0.914. The highest BCUT2D eigenvalue weighted by molar-refractivity contribution is 5.79. The summed E-state index contributed by atoms with van der Waals surface area (Å²) in [4.78, 5) is 23.4. The maximum Gasteiger partial charge on any atom is 0.223 e. The van der Waals surface area contributed by atoms with Gasteiger partial charge in [-0.2, -0.15) is 0 Å². The zero-order chi connectivity index (χ0) is 14.2. The largest absolute Gasteiger partial charge is 0.356 e. The number of hydrogen-bond donors (Lipinski definition) is 1. The second kappa shape index (κ2) is 5.28. The molecule has 0 aromatic carbocycles. The van der Waals surface area contributed by atoms with Crippen molar-refractivity contribution in [2.75, 3.05) is 18.0 Å². The second-order valence-corrected chi connectivity index (χ2v) is 6.52. The van der Waals surface area contributed by atoms with Crippen LogP contribution in [0.2, 0.25) is 0 Å². The summed E-state index contributed by atoms with van der Waals surface area (Å²) < 4.78 is 0. The monoisotopic (exact) mass is 286 g/mol. The Morgan fingerprint density at radius 1 is 1.14 bits per heavy atom. The van der Waals surface area contributed by atoms with Gasteiger partial charge in [-0.15, -0.1) is 0 Å². The van der Waals surface area contributed by atoms with Crippen molar-refractivity contribution in [3.63, 3.8) is 0 Å². The van der Waals surface area contributed by atoms with Crippen LogP contribution in [0.4, 0.5) is 5.82 Å². The number of carbonyl (C=O) groups is 1. The summed E-state index contributed by atoms with van der Waals surface area (Å²) in [5.41, 5.74) is 2.58. The Bertz CT molecular complexity index is 547. The first-order valence-electron chi connectivity index (χ1n) is 8.19. The lowest BCUT2D eigenvalue weighted by atomic mass is 9.95. The molecule has 1 amide bonds. The minimum atomic E-state index is 0.191. The van der Waals surface area contributed by atoms with E-state index in [4.69, 9.17) is 0 Å². The molecule has 21 heavy (non-hydrogen) atoms. The average Bonchev–Trinajstić information content (AvgIpc) is 3.20. The molecule has 1 aliphatic heterocycles. The molecule has 5 nitrogen and oxygen atoms in total. The normalized spacial score (nSPS) is 22.2. The van der Waals surface area contributed by atoms with Crippen molar-refractivity contribution < 1.29 is 4.79 Å². The maximum atomic E-state index is 12.1. The summed E-state index contributed by atoms with van der Waals surface area (Å²) in [5.74, 6) is 1.58. The van der Waals surface area contributed by atoms with E-state index in [1.54, 1.807) is 6.33 Å². The van der Waals surface area contributed by atoms with Gasteiger partial charge in [0.05, 0.1) is 0 Å². The second-order valence-electron chi connectivity index (χ2n) is 6.52. The molecule has 2 heterocycles. The Kier molecular flexibility index (Phi) is 3.28. The van der Waals surface area contributed by atoms with Crippen LogP contribution >= 0.6 is 0 Å². The minimum Gasteiger partial charge on any atom is -0.356 e. The zero-order valence-corrected chi connectivity index (χ0v) is 12.3. The van der Waals surface area contributed by atoms with Gasteiger partial charge in [-0.25, -0.2) is 9.97 Å². The molecule has 0 bridgehead atoms. The van der Waals surface area contributed by atoms with Gasteiger partial charge in [0.25, 0.3) is 0 Å². The summed E-state index contributed by atoms with van der Waals surface area (Å²) >= 11 is 0. The molecule has 2 fully saturated rings. The zero-order valence-electron chi connectivity index (χ0n) is 12.3. The summed E-state index contributed by atoms with van der Waals surface area (Å²) in [7, 11) is 0. The molecule has 3 aliphatic rings. The van der Waals surface area contributed by atoms with Crippen molar-refractivity contribution in [1.29, 1.82) is 0 Å². The van der Waals surface area contributed by atoms with Crippen LogP contribution in [0.15, 0.2) is 6.33 Å². The predicted octanol–water partition coefficient (Wildman–Crippen LogP) is 1.46. The predicted molar refractivity (Wildman–Crippen MR) is 80.2 cm³/mol. The fourth-order valence-corrected chi connectivity index (χ4v) is 3.51. The summed E-state index contributed by atoms with van der Waals surface area (Å²) in [6.07, 6.45) is 9.30. The van der Waals surface area contributed by atoms with E-state index in [1.165, 1.54) is 17.7 Å². The van der Waals surface area contributed by atoms with Gasteiger partial charge < -0.3 is 10.2 Å². The van der Waals surface area contributed by atoms with Gasteiger partial charge in [-0.1, -0.05) is 0 Å². The van der Waals surface area contributed by atoms with E-state index in [0.29, 0.717) is 6.04 Å². The van der Waals surface area contributed by atoms with E-state index >= 15 is 0 Å². The molecule has 1 aromatic heterocycles. The Hall–Kier alpha value is -1.65. The molecular weight excluding hydrogens is 264 g/mol. The number of rotatable bonds is 3. The fraction of sp³-hybridized carbons (Fsp3) is 0.688. The van der Waals surface area contributed by atoms with E-state index in [9.17, 15) is 4.79 Å². The first-order chi connectivity index (χ1) is 10.3. The molecule has 0 atom stereocenters. The number of anilines is 1. The number of aryl methyl sites for hydroxylation is 1. The van der Waals surface area contributed by atoms with E-state index in [2.05, 4.69) is 20.2 Å². The summed E-state index contributed by atoms with van der Waals surface area (Å²) in [6, 6.07) is 0.473. The van der Waals surface area contributed by atoms with Crippen LogP contribution in [0.3, 0.4) is 0 Å². The number of fused-ring (bicyclic) bond motifs is 1. The van der Waals surface area contributed by atoms with Gasteiger partial charge in [0.15, 0.2) is 0 Å². The molecule has 0 spiro atoms. The molecule has 1 saturated heterocycles. The highest BCUT2D eigenvalue weighted by atomic mass is 16.2. The first kappa shape index (κ1) is 13.0. The maximum absolute atomic E-state index is 12.1. The number of amides is 1. The van der Waals surface area contributed by atoms with E-state index in [-0.39, 0.29) is 11.8 Å². The van der Waals surface area contributed by atoms with Crippen LogP contribution in [0.5, 0.6) is 0 Å². The van der Waals surface area contributed by atoms with Crippen molar-refractivity contribution in [1.82, 2.24) is 15.3 Å². The number of piperidine rings is 1. The Balaban J connectivity index is 1.41. The fourth-order valence-electron chi connectivity index (χ4n) is 3.51. The number of nitrogens with one attached hydrogen (secondary N) is 1. The van der Waals surface area contributed by atoms with Gasteiger partial charge in [0.1, 0.15) is 12.1 Å². The summed E-state index contributed by atoms with van der Waals surface area (Å²) in [5, 5.41) is 3.14. The first-order valence-corrected chi connectivity index (χ1v) is 8.19. The smallest absolute Gasteiger partial charge is 0.223 e. The highest BCUT2D eigenvalue weighted by Crippen LogP contribution is 2.31. The average molecular weight is 286 g/mol. The van der Waals surface area contributed by atoms with Gasteiger partial charge in [0.2, 0.25) is 5.91 Å². The Morgan fingerprint density at radius 2 is 1.95 bits per heavy atom. The van der Waals surface area contributed by atoms with E-state index < -0.39 is 0 Å². The van der Waals surface area contributed by atoms with E-state index in [1.807, 2.05) is 0 Å². The molecule has 4 rings (SSSR count). The van der Waals surface area contributed by atoms with E-state index in [0.717, 1.165) is 57.4 Å². The van der Waals surface area contributed by atoms with Crippen molar-refractivity contribution in [2.24, 2.45) is 5.92 Å². The van der Waals surface area contributed by atoms with Crippen molar-refractivity contribution in [3.05, 3.63) is 17.6 Å². The lowest BCUT2D eigenvalue weighted by Gasteiger charge is -2.33. The molecule has 2 aliphatic carbocycles. The SMILES string of the molecule is O=C(NC1CC1)C1CCN(c2ncnc3c2CCC3)CC1. The lowest BCUT2D eigenvalue weighted by Crippen LogP contribution is -2.41. The topological polar surface area (TPSA) is 58.1 Å². The molecule has 0 unspecified atom stereocenters. The molecule has 1 aromatic rings. The van der Waals surface area contributed by atoms with Crippen molar-refractivity contribution in [3.8, 4) is 0 Å². The number of hydrogen-bond acceptors (Lipinski definition) is 4. The van der Waals surface area contributed by atoms with Gasteiger partial charge in [-0.3, -0.25) is 4.79 Å². The molecule has 0 radical (unpaired) electrons.